The molecule has 0 aliphatic heterocycles. The summed E-state index contributed by atoms with van der Waals surface area (Å²) in [6, 6.07) is 14.5. The van der Waals surface area contributed by atoms with Crippen LogP contribution < -0.4 is 5.32 Å². The molecule has 0 bridgehead atoms. The van der Waals surface area contributed by atoms with E-state index in [1.165, 1.54) is 11.8 Å². The van der Waals surface area contributed by atoms with E-state index in [-0.39, 0.29) is 17.4 Å². The Balaban J connectivity index is 1.73. The molecule has 1 amide bonds. The Kier molecular flexibility index (Phi) is 6.51. The van der Waals surface area contributed by atoms with Gasteiger partial charge in [-0.2, -0.15) is 0 Å². The standard InChI is InChI=1S/C19H17IN4O2S/c1-2-11-24-18(15-5-3-4-6-16(15)25)22-23-19(24)27-12-17(26)21-14-9-7-13(20)8-10-14/h2-10,25H,1,11-12H2,(H,21,26). The zero-order chi connectivity index (χ0) is 19.2. The highest BCUT2D eigenvalue weighted by Gasteiger charge is 2.17. The van der Waals surface area contributed by atoms with E-state index < -0.39 is 0 Å². The molecule has 3 aromatic rings. The molecule has 0 fully saturated rings. The van der Waals surface area contributed by atoms with Gasteiger partial charge in [0.15, 0.2) is 11.0 Å². The van der Waals surface area contributed by atoms with Crippen LogP contribution in [0.5, 0.6) is 5.75 Å². The number of benzene rings is 2. The molecule has 0 spiro atoms. The van der Waals surface area contributed by atoms with E-state index in [4.69, 9.17) is 0 Å². The van der Waals surface area contributed by atoms with E-state index in [1.807, 2.05) is 34.9 Å². The van der Waals surface area contributed by atoms with Crippen LogP contribution >= 0.6 is 34.4 Å². The van der Waals surface area contributed by atoms with Crippen LogP contribution in [-0.4, -0.2) is 31.5 Å². The third-order valence-corrected chi connectivity index (χ3v) is 5.32. The SMILES string of the molecule is C=CCn1c(SCC(=O)Nc2ccc(I)cc2)nnc1-c1ccccc1O. The predicted octanol–water partition coefficient (Wildman–Crippen LogP) is 4.17. The summed E-state index contributed by atoms with van der Waals surface area (Å²) in [7, 11) is 0. The van der Waals surface area contributed by atoms with Crippen molar-refractivity contribution in [3.63, 3.8) is 0 Å². The average Bonchev–Trinajstić information content (AvgIpc) is 3.05. The van der Waals surface area contributed by atoms with Crippen molar-refractivity contribution in [2.45, 2.75) is 11.7 Å². The Morgan fingerprint density at radius 3 is 2.67 bits per heavy atom. The highest BCUT2D eigenvalue weighted by molar-refractivity contribution is 14.1. The second-order valence-corrected chi connectivity index (χ2v) is 7.75. The first-order valence-electron chi connectivity index (χ1n) is 8.09. The van der Waals surface area contributed by atoms with Crippen molar-refractivity contribution in [3.8, 4) is 17.1 Å². The topological polar surface area (TPSA) is 80.0 Å². The van der Waals surface area contributed by atoms with Gasteiger partial charge in [0.2, 0.25) is 5.91 Å². The van der Waals surface area contributed by atoms with Gasteiger partial charge in [0.05, 0.1) is 11.3 Å². The fraction of sp³-hybridized carbons (Fsp3) is 0.105. The highest BCUT2D eigenvalue weighted by Crippen LogP contribution is 2.30. The fourth-order valence-corrected chi connectivity index (χ4v) is 3.52. The lowest BCUT2D eigenvalue weighted by molar-refractivity contribution is -0.113. The van der Waals surface area contributed by atoms with Gasteiger partial charge >= 0.3 is 0 Å². The third kappa shape index (κ3) is 4.89. The number of aromatic hydroxyl groups is 1. The van der Waals surface area contributed by atoms with Crippen LogP contribution in [-0.2, 0) is 11.3 Å². The molecule has 27 heavy (non-hydrogen) atoms. The number of phenols is 1. The van der Waals surface area contributed by atoms with Crippen LogP contribution in [0.4, 0.5) is 5.69 Å². The largest absolute Gasteiger partial charge is 0.507 e. The first-order valence-corrected chi connectivity index (χ1v) is 10.2. The zero-order valence-corrected chi connectivity index (χ0v) is 17.3. The van der Waals surface area contributed by atoms with Crippen LogP contribution in [0, 0.1) is 3.57 Å². The Labute approximate surface area is 174 Å². The number of allylic oxidation sites excluding steroid dienone is 1. The van der Waals surface area contributed by atoms with Crippen molar-refractivity contribution in [2.75, 3.05) is 11.1 Å². The van der Waals surface area contributed by atoms with Crippen molar-refractivity contribution in [2.24, 2.45) is 0 Å². The number of phenolic OH excluding ortho intramolecular Hbond substituents is 1. The van der Waals surface area contributed by atoms with Gasteiger partial charge in [-0.3, -0.25) is 9.36 Å². The number of carbonyl (C=O) groups excluding carboxylic acids is 1. The number of thioether (sulfide) groups is 1. The van der Waals surface area contributed by atoms with Gasteiger partial charge in [-0.1, -0.05) is 30.0 Å². The molecule has 6 nitrogen and oxygen atoms in total. The van der Waals surface area contributed by atoms with E-state index in [0.717, 1.165) is 9.26 Å². The summed E-state index contributed by atoms with van der Waals surface area (Å²) in [6.07, 6.45) is 1.72. The molecule has 1 heterocycles. The number of para-hydroxylation sites is 1. The minimum absolute atomic E-state index is 0.126. The quantitative estimate of drug-likeness (QED) is 0.294. The minimum atomic E-state index is -0.126. The maximum Gasteiger partial charge on any atom is 0.234 e. The molecular formula is C19H17IN4O2S. The number of nitrogens with zero attached hydrogens (tertiary/aromatic N) is 3. The van der Waals surface area contributed by atoms with Crippen LogP contribution in [0.3, 0.4) is 0 Å². The number of rotatable bonds is 7. The summed E-state index contributed by atoms with van der Waals surface area (Å²) in [6.45, 7) is 4.23. The molecule has 3 rings (SSSR count). The molecule has 2 aromatic carbocycles. The third-order valence-electron chi connectivity index (χ3n) is 3.63. The van der Waals surface area contributed by atoms with E-state index in [2.05, 4.69) is 44.7 Å². The molecule has 0 radical (unpaired) electrons. The summed E-state index contributed by atoms with van der Waals surface area (Å²) in [5, 5.41) is 21.9. The Morgan fingerprint density at radius 1 is 1.22 bits per heavy atom. The first-order chi connectivity index (χ1) is 13.1. The number of nitrogens with one attached hydrogen (secondary N) is 1. The van der Waals surface area contributed by atoms with Gasteiger partial charge in [0.1, 0.15) is 5.75 Å². The molecule has 0 aliphatic rings. The molecule has 0 atom stereocenters. The van der Waals surface area contributed by atoms with E-state index in [0.29, 0.717) is 23.1 Å². The smallest absolute Gasteiger partial charge is 0.234 e. The molecule has 0 aliphatic carbocycles. The average molecular weight is 492 g/mol. The number of hydrogen-bond acceptors (Lipinski definition) is 5. The molecule has 0 unspecified atom stereocenters. The molecule has 1 aromatic heterocycles. The van der Waals surface area contributed by atoms with Crippen molar-refractivity contribution < 1.29 is 9.90 Å². The van der Waals surface area contributed by atoms with Crippen LogP contribution in [0.25, 0.3) is 11.4 Å². The molecule has 138 valence electrons. The van der Waals surface area contributed by atoms with Crippen molar-refractivity contribution in [3.05, 3.63) is 64.8 Å². The van der Waals surface area contributed by atoms with Gasteiger partial charge < -0.3 is 10.4 Å². The molecule has 0 saturated carbocycles. The fourth-order valence-electron chi connectivity index (χ4n) is 2.41. The summed E-state index contributed by atoms with van der Waals surface area (Å²) in [5.74, 6) is 0.734. The van der Waals surface area contributed by atoms with E-state index >= 15 is 0 Å². The van der Waals surface area contributed by atoms with Gasteiger partial charge in [-0.05, 0) is 59.0 Å². The number of halogens is 1. The molecule has 0 saturated heterocycles. The van der Waals surface area contributed by atoms with Gasteiger partial charge in [-0.25, -0.2) is 0 Å². The second-order valence-electron chi connectivity index (χ2n) is 5.57. The van der Waals surface area contributed by atoms with Crippen LogP contribution in [0.1, 0.15) is 0 Å². The Hall–Kier alpha value is -2.33. The zero-order valence-electron chi connectivity index (χ0n) is 14.3. The lowest BCUT2D eigenvalue weighted by Crippen LogP contribution is -2.14. The van der Waals surface area contributed by atoms with Crippen molar-refractivity contribution in [1.29, 1.82) is 0 Å². The minimum Gasteiger partial charge on any atom is -0.507 e. The highest BCUT2D eigenvalue weighted by atomic mass is 127. The monoisotopic (exact) mass is 492 g/mol. The summed E-state index contributed by atoms with van der Waals surface area (Å²) >= 11 is 3.50. The molecule has 2 N–H and O–H groups in total. The van der Waals surface area contributed by atoms with E-state index in [9.17, 15) is 9.90 Å². The first kappa shape index (κ1) is 19.4. The van der Waals surface area contributed by atoms with E-state index in [1.54, 1.807) is 24.3 Å². The number of carbonyl (C=O) groups is 1. The molecule has 8 heteroatoms. The summed E-state index contributed by atoms with van der Waals surface area (Å²) in [5.41, 5.74) is 1.34. The number of hydrogen-bond donors (Lipinski definition) is 2. The lowest BCUT2D eigenvalue weighted by Gasteiger charge is -2.09. The number of anilines is 1. The maximum atomic E-state index is 12.2. The Bertz CT molecular complexity index is 957. The van der Waals surface area contributed by atoms with Gasteiger partial charge in [-0.15, -0.1) is 16.8 Å². The Morgan fingerprint density at radius 2 is 1.96 bits per heavy atom. The normalized spacial score (nSPS) is 10.6. The number of amides is 1. The lowest BCUT2D eigenvalue weighted by atomic mass is 10.2. The van der Waals surface area contributed by atoms with Crippen LogP contribution in [0.2, 0.25) is 0 Å². The predicted molar refractivity (Wildman–Crippen MR) is 116 cm³/mol. The van der Waals surface area contributed by atoms with Gasteiger partial charge in [0, 0.05) is 15.8 Å². The number of aromatic nitrogens is 3. The van der Waals surface area contributed by atoms with Crippen molar-refractivity contribution in [1.82, 2.24) is 14.8 Å². The van der Waals surface area contributed by atoms with Crippen molar-refractivity contribution >= 4 is 45.9 Å². The second kappa shape index (κ2) is 9.05. The summed E-state index contributed by atoms with van der Waals surface area (Å²) in [4.78, 5) is 12.2. The maximum absolute atomic E-state index is 12.2. The summed E-state index contributed by atoms with van der Waals surface area (Å²) < 4.78 is 2.93. The molecular weight excluding hydrogens is 475 g/mol. The van der Waals surface area contributed by atoms with Gasteiger partial charge in [0.25, 0.3) is 0 Å². The van der Waals surface area contributed by atoms with Crippen LogP contribution in [0.15, 0.2) is 66.3 Å².